The van der Waals surface area contributed by atoms with Gasteiger partial charge in [0.1, 0.15) is 0 Å². The number of rotatable bonds is 6. The summed E-state index contributed by atoms with van der Waals surface area (Å²) in [6, 6.07) is 0. The Balaban J connectivity index is 2.33. The van der Waals surface area contributed by atoms with Gasteiger partial charge in [-0.25, -0.2) is 0 Å². The van der Waals surface area contributed by atoms with Crippen LogP contribution in [0.15, 0.2) is 11.0 Å². The van der Waals surface area contributed by atoms with E-state index in [-0.39, 0.29) is 11.8 Å². The standard InChI is InChI=1S/C12H22BNO2S/c1-3-6-10(17-4-2)9-12(15)14-11-7-5-8-16-13-11/h6,11,13H,3-5,7-9H2,1-2H3,(H,14,15)/b10-6-. The van der Waals surface area contributed by atoms with Gasteiger partial charge < -0.3 is 9.97 Å². The van der Waals surface area contributed by atoms with Crippen molar-refractivity contribution in [2.75, 3.05) is 12.4 Å². The van der Waals surface area contributed by atoms with Gasteiger partial charge in [0.05, 0.1) is 6.42 Å². The lowest BCUT2D eigenvalue weighted by molar-refractivity contribution is -0.120. The van der Waals surface area contributed by atoms with E-state index in [4.69, 9.17) is 4.65 Å². The molecule has 3 nitrogen and oxygen atoms in total. The molecule has 0 aromatic heterocycles. The molecule has 0 aromatic carbocycles. The molecule has 0 bridgehead atoms. The van der Waals surface area contributed by atoms with Crippen LogP contribution in [0.3, 0.4) is 0 Å². The molecule has 1 saturated heterocycles. The Hall–Kier alpha value is -0.415. The molecular weight excluding hydrogens is 233 g/mol. The highest BCUT2D eigenvalue weighted by molar-refractivity contribution is 8.03. The van der Waals surface area contributed by atoms with Gasteiger partial charge in [-0.15, -0.1) is 11.8 Å². The molecule has 1 aliphatic rings. The zero-order valence-corrected chi connectivity index (χ0v) is 11.6. The normalized spacial score (nSPS) is 20.8. The van der Waals surface area contributed by atoms with Gasteiger partial charge in [-0.1, -0.05) is 19.9 Å². The topological polar surface area (TPSA) is 38.3 Å². The highest BCUT2D eigenvalue weighted by Gasteiger charge is 2.18. The van der Waals surface area contributed by atoms with Gasteiger partial charge in [0, 0.05) is 12.5 Å². The molecule has 0 radical (unpaired) electrons. The Morgan fingerprint density at radius 1 is 1.59 bits per heavy atom. The quantitative estimate of drug-likeness (QED) is 0.738. The molecule has 96 valence electrons. The number of thioether (sulfide) groups is 1. The zero-order chi connectivity index (χ0) is 12.5. The molecular formula is C12H22BNO2S. The number of nitrogens with one attached hydrogen (secondary N) is 1. The van der Waals surface area contributed by atoms with Gasteiger partial charge >= 0.3 is 0 Å². The van der Waals surface area contributed by atoms with Crippen LogP contribution in [0.2, 0.25) is 0 Å². The van der Waals surface area contributed by atoms with Crippen LogP contribution in [-0.2, 0) is 9.45 Å². The lowest BCUT2D eigenvalue weighted by Crippen LogP contribution is -2.42. The van der Waals surface area contributed by atoms with Crippen molar-refractivity contribution in [1.29, 1.82) is 0 Å². The number of allylic oxidation sites excluding steroid dienone is 1. The molecule has 0 aliphatic carbocycles. The van der Waals surface area contributed by atoms with E-state index in [0.717, 1.165) is 31.6 Å². The first kappa shape index (κ1) is 14.6. The number of carbonyl (C=O) groups is 1. The van der Waals surface area contributed by atoms with Crippen LogP contribution in [0.5, 0.6) is 0 Å². The Morgan fingerprint density at radius 3 is 3.00 bits per heavy atom. The van der Waals surface area contributed by atoms with Crippen molar-refractivity contribution < 1.29 is 9.45 Å². The monoisotopic (exact) mass is 255 g/mol. The van der Waals surface area contributed by atoms with E-state index in [9.17, 15) is 4.79 Å². The summed E-state index contributed by atoms with van der Waals surface area (Å²) in [7, 11) is 0.666. The molecule has 1 heterocycles. The Labute approximate surface area is 109 Å². The third-order valence-corrected chi connectivity index (χ3v) is 3.59. The van der Waals surface area contributed by atoms with E-state index < -0.39 is 0 Å². The zero-order valence-electron chi connectivity index (χ0n) is 10.8. The van der Waals surface area contributed by atoms with Crippen molar-refractivity contribution in [2.45, 2.75) is 45.5 Å². The van der Waals surface area contributed by atoms with E-state index in [1.807, 2.05) is 0 Å². The third-order valence-electron chi connectivity index (χ3n) is 2.62. The van der Waals surface area contributed by atoms with Crippen LogP contribution in [0.25, 0.3) is 0 Å². The average molecular weight is 255 g/mol. The van der Waals surface area contributed by atoms with Gasteiger partial charge in [-0.05, 0) is 29.9 Å². The first-order valence-corrected chi connectivity index (χ1v) is 7.43. The van der Waals surface area contributed by atoms with Crippen molar-refractivity contribution in [3.05, 3.63) is 11.0 Å². The second kappa shape index (κ2) is 8.64. The van der Waals surface area contributed by atoms with E-state index in [0.29, 0.717) is 13.9 Å². The highest BCUT2D eigenvalue weighted by Crippen LogP contribution is 2.19. The molecule has 0 saturated carbocycles. The molecule has 1 atom stereocenters. The molecule has 1 aliphatic heterocycles. The second-order valence-electron chi connectivity index (χ2n) is 4.17. The number of carbonyl (C=O) groups excluding carboxylic acids is 1. The van der Waals surface area contributed by atoms with Crippen molar-refractivity contribution >= 4 is 25.2 Å². The minimum Gasteiger partial charge on any atom is -0.437 e. The Morgan fingerprint density at radius 2 is 2.41 bits per heavy atom. The summed E-state index contributed by atoms with van der Waals surface area (Å²) in [5.74, 6) is 1.36. The van der Waals surface area contributed by atoms with Gasteiger partial charge in [-0.2, -0.15) is 0 Å². The smallest absolute Gasteiger partial charge is 0.297 e. The van der Waals surface area contributed by atoms with E-state index in [1.54, 1.807) is 11.8 Å². The van der Waals surface area contributed by atoms with Crippen LogP contribution in [0.1, 0.15) is 39.5 Å². The van der Waals surface area contributed by atoms with Crippen LogP contribution >= 0.6 is 11.8 Å². The van der Waals surface area contributed by atoms with Gasteiger partial charge in [-0.3, -0.25) is 4.79 Å². The Kier molecular flexibility index (Phi) is 7.45. The van der Waals surface area contributed by atoms with Crippen molar-refractivity contribution in [1.82, 2.24) is 5.32 Å². The fourth-order valence-electron chi connectivity index (χ4n) is 1.89. The number of hydrogen-bond acceptors (Lipinski definition) is 3. The van der Waals surface area contributed by atoms with Crippen LogP contribution in [-0.4, -0.2) is 31.7 Å². The summed E-state index contributed by atoms with van der Waals surface area (Å²) in [5, 5.41) is 3.05. The van der Waals surface area contributed by atoms with Crippen LogP contribution in [0, 0.1) is 0 Å². The summed E-state index contributed by atoms with van der Waals surface area (Å²) in [6.45, 7) is 5.04. The summed E-state index contributed by atoms with van der Waals surface area (Å²) >= 11 is 1.76. The maximum atomic E-state index is 11.9. The lowest BCUT2D eigenvalue weighted by atomic mass is 9.81. The van der Waals surface area contributed by atoms with Gasteiger partial charge in [0.2, 0.25) is 5.91 Å². The molecule has 1 amide bonds. The molecule has 0 aromatic rings. The molecule has 1 rings (SSSR count). The summed E-state index contributed by atoms with van der Waals surface area (Å²) in [4.78, 5) is 13.0. The predicted octanol–water partition coefficient (Wildman–Crippen LogP) is 2.03. The average Bonchev–Trinajstić information content (AvgIpc) is 2.30. The summed E-state index contributed by atoms with van der Waals surface area (Å²) < 4.78 is 5.35. The summed E-state index contributed by atoms with van der Waals surface area (Å²) in [6.07, 6.45) is 5.74. The second-order valence-corrected chi connectivity index (χ2v) is 5.56. The summed E-state index contributed by atoms with van der Waals surface area (Å²) in [5.41, 5.74) is 0. The fraction of sp³-hybridized carbons (Fsp3) is 0.750. The van der Waals surface area contributed by atoms with E-state index >= 15 is 0 Å². The van der Waals surface area contributed by atoms with E-state index in [2.05, 4.69) is 25.2 Å². The maximum absolute atomic E-state index is 11.9. The molecule has 0 spiro atoms. The third kappa shape index (κ3) is 6.17. The molecule has 1 fully saturated rings. The van der Waals surface area contributed by atoms with Crippen molar-refractivity contribution in [3.8, 4) is 0 Å². The van der Waals surface area contributed by atoms with Crippen LogP contribution < -0.4 is 5.32 Å². The minimum atomic E-state index is 0.126. The number of amides is 1. The van der Waals surface area contributed by atoms with E-state index in [1.165, 1.54) is 4.91 Å². The molecule has 17 heavy (non-hydrogen) atoms. The first-order valence-electron chi connectivity index (χ1n) is 6.45. The largest absolute Gasteiger partial charge is 0.437 e. The predicted molar refractivity (Wildman–Crippen MR) is 75.4 cm³/mol. The minimum absolute atomic E-state index is 0.126. The van der Waals surface area contributed by atoms with Crippen LogP contribution in [0.4, 0.5) is 0 Å². The molecule has 1 unspecified atom stereocenters. The molecule has 1 N–H and O–H groups in total. The highest BCUT2D eigenvalue weighted by atomic mass is 32.2. The first-order chi connectivity index (χ1) is 8.26. The molecule has 5 heteroatoms. The van der Waals surface area contributed by atoms with Crippen molar-refractivity contribution in [2.24, 2.45) is 0 Å². The maximum Gasteiger partial charge on any atom is 0.297 e. The fourth-order valence-corrected chi connectivity index (χ4v) is 2.78. The number of hydrogen-bond donors (Lipinski definition) is 1. The Bertz CT molecular complexity index is 265. The van der Waals surface area contributed by atoms with Crippen molar-refractivity contribution in [3.63, 3.8) is 0 Å². The van der Waals surface area contributed by atoms with Gasteiger partial charge in [0.25, 0.3) is 7.48 Å². The lowest BCUT2D eigenvalue weighted by Gasteiger charge is -2.22. The SMILES string of the molecule is CC/C=C(/CC(=O)NC1BOCCC1)SCC. The van der Waals surface area contributed by atoms with Gasteiger partial charge in [0.15, 0.2) is 0 Å².